The Bertz CT molecular complexity index is 1820. The third kappa shape index (κ3) is 3.87. The zero-order valence-corrected chi connectivity index (χ0v) is 19.8. The van der Waals surface area contributed by atoms with Crippen molar-refractivity contribution in [1.29, 1.82) is 10.5 Å². The molecule has 4 aromatic rings. The number of hydrogen-bond acceptors (Lipinski definition) is 6. The number of nitriles is 2. The second-order valence-corrected chi connectivity index (χ2v) is 8.17. The van der Waals surface area contributed by atoms with Gasteiger partial charge in [-0.1, -0.05) is 24.3 Å². The van der Waals surface area contributed by atoms with Crippen LogP contribution in [0, 0.1) is 81.1 Å². The smallest absolute Gasteiger partial charge is 0.206 e. The van der Waals surface area contributed by atoms with E-state index in [2.05, 4.69) is 20.0 Å². The summed E-state index contributed by atoms with van der Waals surface area (Å²) in [5.74, 6) is -25.9. The van der Waals surface area contributed by atoms with Crippen molar-refractivity contribution in [3.8, 4) is 34.9 Å². The van der Waals surface area contributed by atoms with Gasteiger partial charge in [-0.15, -0.1) is 0 Å². The molecule has 0 saturated carbocycles. The number of hydrogen-bond donors (Lipinski definition) is 0. The Morgan fingerprint density at radius 3 is 1.02 bits per heavy atom. The summed E-state index contributed by atoms with van der Waals surface area (Å²) in [6, 6.07) is 5.42. The summed E-state index contributed by atoms with van der Waals surface area (Å²) in [6.07, 6.45) is 2.79. The molecule has 0 saturated heterocycles. The Kier molecular flexibility index (Phi) is 6.70. The number of rotatable bonds is 2. The van der Waals surface area contributed by atoms with E-state index in [1.54, 1.807) is 0 Å². The van der Waals surface area contributed by atoms with Crippen LogP contribution in [0.4, 0.5) is 43.9 Å². The second-order valence-electron chi connectivity index (χ2n) is 8.17. The second kappa shape index (κ2) is 10.1. The predicted octanol–water partition coefficient (Wildman–Crippen LogP) is 6.15. The summed E-state index contributed by atoms with van der Waals surface area (Å²) in [7, 11) is 0. The lowest BCUT2D eigenvalue weighted by atomic mass is 9.87. The van der Waals surface area contributed by atoms with Crippen LogP contribution in [0.25, 0.3) is 22.5 Å². The van der Waals surface area contributed by atoms with Crippen LogP contribution in [-0.4, -0.2) is 21.4 Å². The molecule has 16 heteroatoms. The van der Waals surface area contributed by atoms with Crippen molar-refractivity contribution in [1.82, 2.24) is 9.97 Å². The molecule has 1 heterocycles. The quantitative estimate of drug-likeness (QED) is 0.107. The van der Waals surface area contributed by atoms with Gasteiger partial charge in [0.2, 0.25) is 24.0 Å². The van der Waals surface area contributed by atoms with E-state index in [4.69, 9.17) is 0 Å². The highest BCUT2D eigenvalue weighted by molar-refractivity contribution is 6.30. The topological polar surface area (TPSA) is 98.1 Å². The Hall–Kier alpha value is -5.64. The summed E-state index contributed by atoms with van der Waals surface area (Å²) in [5.41, 5.74) is -9.53. The lowest BCUT2D eigenvalue weighted by molar-refractivity contribution is 0.380. The standard InChI is InChI=1S/C26H4F10N6/c27-11-9(12(28)16(32)19(35)15(11)31)23-24(10-13(29)17(33)20(36)18(34)14(10)30)42-26-22(40-6-38)8-4-2-1-3-7(8)21(39-5-37)25(26)41-23/h1-4H. The van der Waals surface area contributed by atoms with Crippen molar-refractivity contribution in [2.24, 2.45) is 9.98 Å². The minimum Gasteiger partial charge on any atom is -0.241 e. The summed E-state index contributed by atoms with van der Waals surface area (Å²) < 4.78 is 144. The SMILES string of the molecule is N#CN=C1c2ccccc2C(=NC#N)c2nc(-c3c(F)c(F)c(F)c(F)c3F)c(-c3c(F)c(F)c(F)c(F)c3F)nc21. The fourth-order valence-electron chi connectivity index (χ4n) is 4.22. The molecule has 0 radical (unpaired) electrons. The van der Waals surface area contributed by atoms with E-state index < -0.39 is 103 Å². The Morgan fingerprint density at radius 1 is 0.452 bits per heavy atom. The fourth-order valence-corrected chi connectivity index (χ4v) is 4.22. The summed E-state index contributed by atoms with van der Waals surface area (Å²) in [6.45, 7) is 0. The molecule has 3 aromatic carbocycles. The Morgan fingerprint density at radius 2 is 0.738 bits per heavy atom. The predicted molar refractivity (Wildman–Crippen MR) is 121 cm³/mol. The lowest BCUT2D eigenvalue weighted by Crippen LogP contribution is -2.26. The largest absolute Gasteiger partial charge is 0.241 e. The highest BCUT2D eigenvalue weighted by atomic mass is 19.2. The van der Waals surface area contributed by atoms with Crippen LogP contribution in [0.2, 0.25) is 0 Å². The average Bonchev–Trinajstić information content (AvgIpc) is 2.99. The van der Waals surface area contributed by atoms with E-state index in [-0.39, 0.29) is 11.1 Å². The summed E-state index contributed by atoms with van der Waals surface area (Å²) in [5, 5.41) is 18.5. The maximum Gasteiger partial charge on any atom is 0.206 e. The summed E-state index contributed by atoms with van der Waals surface area (Å²) in [4.78, 5) is 14.6. The average molecular weight is 590 g/mol. The molecule has 0 bridgehead atoms. The van der Waals surface area contributed by atoms with Gasteiger partial charge in [0, 0.05) is 11.1 Å². The van der Waals surface area contributed by atoms with Gasteiger partial charge in [0.15, 0.2) is 46.5 Å². The molecule has 0 aliphatic heterocycles. The third-order valence-electron chi connectivity index (χ3n) is 6.00. The van der Waals surface area contributed by atoms with Gasteiger partial charge >= 0.3 is 0 Å². The van der Waals surface area contributed by atoms with Crippen molar-refractivity contribution >= 4 is 11.4 Å². The van der Waals surface area contributed by atoms with Gasteiger partial charge in [-0.05, 0) is 0 Å². The first-order chi connectivity index (χ1) is 20.0. The first kappa shape index (κ1) is 27.9. The van der Waals surface area contributed by atoms with Crippen LogP contribution in [-0.2, 0) is 0 Å². The zero-order chi connectivity index (χ0) is 30.6. The van der Waals surface area contributed by atoms with Crippen molar-refractivity contribution in [2.75, 3.05) is 0 Å². The monoisotopic (exact) mass is 590 g/mol. The van der Waals surface area contributed by atoms with E-state index in [9.17, 15) is 54.4 Å². The van der Waals surface area contributed by atoms with Crippen LogP contribution in [0.5, 0.6) is 0 Å². The molecule has 42 heavy (non-hydrogen) atoms. The molecule has 0 unspecified atom stereocenters. The number of benzene rings is 3. The molecule has 0 N–H and O–H groups in total. The highest BCUT2D eigenvalue weighted by Gasteiger charge is 2.38. The van der Waals surface area contributed by atoms with Crippen LogP contribution in [0.15, 0.2) is 34.3 Å². The van der Waals surface area contributed by atoms with Crippen molar-refractivity contribution in [3.05, 3.63) is 105 Å². The molecule has 208 valence electrons. The molecule has 1 aromatic heterocycles. The van der Waals surface area contributed by atoms with Gasteiger partial charge in [-0.2, -0.15) is 20.5 Å². The van der Waals surface area contributed by atoms with Gasteiger partial charge in [0.05, 0.1) is 11.1 Å². The molecule has 1 aliphatic rings. The minimum atomic E-state index is -2.64. The maximum atomic E-state index is 15.0. The lowest BCUT2D eigenvalue weighted by Gasteiger charge is -2.23. The maximum absolute atomic E-state index is 15.0. The molecule has 0 amide bonds. The zero-order valence-electron chi connectivity index (χ0n) is 19.8. The fraction of sp³-hybridized carbons (Fsp3) is 0. The Labute approximate surface area is 226 Å². The van der Waals surface area contributed by atoms with Crippen LogP contribution in [0.1, 0.15) is 22.5 Å². The van der Waals surface area contributed by atoms with Crippen molar-refractivity contribution in [2.45, 2.75) is 0 Å². The first-order valence-electron chi connectivity index (χ1n) is 11.0. The van der Waals surface area contributed by atoms with Crippen LogP contribution < -0.4 is 0 Å². The highest BCUT2D eigenvalue weighted by Crippen LogP contribution is 2.41. The number of aromatic nitrogens is 2. The number of aliphatic imine (C=N–C) groups is 2. The van der Waals surface area contributed by atoms with E-state index in [0.29, 0.717) is 0 Å². The van der Waals surface area contributed by atoms with Gasteiger partial charge in [0.1, 0.15) is 34.2 Å². The van der Waals surface area contributed by atoms with E-state index >= 15 is 0 Å². The van der Waals surface area contributed by atoms with Gasteiger partial charge < -0.3 is 0 Å². The van der Waals surface area contributed by atoms with E-state index in [1.807, 2.05) is 0 Å². The molecule has 0 spiro atoms. The summed E-state index contributed by atoms with van der Waals surface area (Å²) >= 11 is 0. The minimum absolute atomic E-state index is 0.0119. The van der Waals surface area contributed by atoms with Crippen LogP contribution >= 0.6 is 0 Å². The van der Waals surface area contributed by atoms with E-state index in [0.717, 1.165) is 0 Å². The molecule has 1 aliphatic carbocycles. The number of fused-ring (bicyclic) bond motifs is 2. The van der Waals surface area contributed by atoms with Crippen molar-refractivity contribution in [3.63, 3.8) is 0 Å². The van der Waals surface area contributed by atoms with Gasteiger partial charge in [-0.25, -0.2) is 53.9 Å². The normalized spacial score (nSPS) is 14.0. The molecule has 0 fully saturated rings. The number of halogens is 10. The molecule has 6 nitrogen and oxygen atoms in total. The molecule has 5 rings (SSSR count). The molecular weight excluding hydrogens is 586 g/mol. The number of nitrogens with zero attached hydrogens (tertiary/aromatic N) is 6. The first-order valence-corrected chi connectivity index (χ1v) is 11.0. The molecular formula is C26H4F10N6. The third-order valence-corrected chi connectivity index (χ3v) is 6.00. The van der Waals surface area contributed by atoms with Crippen molar-refractivity contribution < 1.29 is 43.9 Å². The van der Waals surface area contributed by atoms with E-state index in [1.165, 1.54) is 36.7 Å². The van der Waals surface area contributed by atoms with Gasteiger partial charge in [0.25, 0.3) is 0 Å². The Balaban J connectivity index is 2.06. The molecule has 0 atom stereocenters. The van der Waals surface area contributed by atoms with Crippen LogP contribution in [0.3, 0.4) is 0 Å². The van der Waals surface area contributed by atoms with Gasteiger partial charge in [-0.3, -0.25) is 0 Å².